The average molecular weight is 290 g/mol. The third-order valence-electron chi connectivity index (χ3n) is 4.13. The molecule has 0 spiro atoms. The van der Waals surface area contributed by atoms with Crippen LogP contribution in [0.2, 0.25) is 0 Å². The maximum absolute atomic E-state index is 12.9. The second-order valence-corrected chi connectivity index (χ2v) is 5.43. The van der Waals surface area contributed by atoms with Crippen LogP contribution in [-0.4, -0.2) is 43.7 Å². The van der Waals surface area contributed by atoms with Gasteiger partial charge in [0.25, 0.3) is 0 Å². The average Bonchev–Trinajstić information content (AvgIpc) is 2.54. The molecule has 0 aliphatic carbocycles. The Morgan fingerprint density at radius 1 is 1.24 bits per heavy atom. The minimum atomic E-state index is -0.645. The van der Waals surface area contributed by atoms with E-state index >= 15 is 0 Å². The number of hydrogen-bond acceptors (Lipinski definition) is 4. The third kappa shape index (κ3) is 3.27. The molecule has 1 aliphatic rings. The van der Waals surface area contributed by atoms with Crippen LogP contribution in [0.1, 0.15) is 32.3 Å². The number of nitrogens with zero attached hydrogens (tertiary/aromatic N) is 1. The number of carbonyl (C=O) groups is 1. The largest absolute Gasteiger partial charge is 0.464 e. The van der Waals surface area contributed by atoms with Crippen molar-refractivity contribution in [2.45, 2.75) is 32.2 Å². The van der Waals surface area contributed by atoms with Crippen LogP contribution in [0.5, 0.6) is 0 Å². The molecule has 1 saturated heterocycles. The molecule has 1 aromatic rings. The van der Waals surface area contributed by atoms with E-state index in [-0.39, 0.29) is 5.97 Å². The quantitative estimate of drug-likeness (QED) is 0.815. The molecule has 0 aromatic heterocycles. The molecule has 4 nitrogen and oxygen atoms in total. The Hall–Kier alpha value is -1.39. The highest BCUT2D eigenvalue weighted by Gasteiger charge is 2.46. The molecule has 1 heterocycles. The molecule has 116 valence electrons. The minimum Gasteiger partial charge on any atom is -0.464 e. The van der Waals surface area contributed by atoms with E-state index in [0.29, 0.717) is 6.61 Å². The fourth-order valence-corrected chi connectivity index (χ4v) is 3.21. The SMILES string of the molecule is CCCC(C(=O)OCC)(c1ccccc1)N1CCNCC1. The Bertz CT molecular complexity index is 443. The van der Waals surface area contributed by atoms with Crippen LogP contribution in [0.3, 0.4) is 0 Å². The number of rotatable bonds is 6. The minimum absolute atomic E-state index is 0.111. The summed E-state index contributed by atoms with van der Waals surface area (Å²) in [6.07, 6.45) is 1.73. The van der Waals surface area contributed by atoms with E-state index in [1.807, 2.05) is 25.1 Å². The summed E-state index contributed by atoms with van der Waals surface area (Å²) in [4.78, 5) is 15.2. The Morgan fingerprint density at radius 3 is 2.48 bits per heavy atom. The Kier molecular flexibility index (Phi) is 5.76. The lowest BCUT2D eigenvalue weighted by molar-refractivity contribution is -0.160. The van der Waals surface area contributed by atoms with Crippen molar-refractivity contribution >= 4 is 5.97 Å². The summed E-state index contributed by atoms with van der Waals surface area (Å²) in [6.45, 7) is 7.98. The number of piperazine rings is 1. The number of benzene rings is 1. The van der Waals surface area contributed by atoms with Crippen LogP contribution in [0.25, 0.3) is 0 Å². The Morgan fingerprint density at radius 2 is 1.90 bits per heavy atom. The second-order valence-electron chi connectivity index (χ2n) is 5.43. The Balaban J connectivity index is 2.45. The summed E-state index contributed by atoms with van der Waals surface area (Å²) in [6, 6.07) is 10.1. The van der Waals surface area contributed by atoms with Crippen LogP contribution >= 0.6 is 0 Å². The van der Waals surface area contributed by atoms with Crippen LogP contribution in [0.4, 0.5) is 0 Å². The van der Waals surface area contributed by atoms with Gasteiger partial charge in [0, 0.05) is 26.2 Å². The van der Waals surface area contributed by atoms with Crippen molar-refractivity contribution in [1.82, 2.24) is 10.2 Å². The van der Waals surface area contributed by atoms with Gasteiger partial charge in [0.15, 0.2) is 0 Å². The van der Waals surface area contributed by atoms with Gasteiger partial charge in [-0.2, -0.15) is 0 Å². The first-order chi connectivity index (χ1) is 10.3. The van der Waals surface area contributed by atoms with Gasteiger partial charge in [0.05, 0.1) is 6.61 Å². The topological polar surface area (TPSA) is 41.6 Å². The van der Waals surface area contributed by atoms with E-state index in [9.17, 15) is 4.79 Å². The summed E-state index contributed by atoms with van der Waals surface area (Å²) < 4.78 is 5.47. The van der Waals surface area contributed by atoms with Gasteiger partial charge in [-0.05, 0) is 18.9 Å². The Labute approximate surface area is 127 Å². The highest BCUT2D eigenvalue weighted by molar-refractivity contribution is 5.82. The van der Waals surface area contributed by atoms with Crippen LogP contribution in [0, 0.1) is 0 Å². The maximum atomic E-state index is 12.9. The molecular weight excluding hydrogens is 264 g/mol. The summed E-state index contributed by atoms with van der Waals surface area (Å²) in [5, 5.41) is 3.36. The van der Waals surface area contributed by atoms with Gasteiger partial charge in [-0.15, -0.1) is 0 Å². The zero-order valence-electron chi connectivity index (χ0n) is 13.1. The molecule has 1 aromatic carbocycles. The number of carbonyl (C=O) groups excluding carboxylic acids is 1. The van der Waals surface area contributed by atoms with Gasteiger partial charge in [-0.3, -0.25) is 4.90 Å². The molecule has 1 atom stereocenters. The van der Waals surface area contributed by atoms with Crippen molar-refractivity contribution in [2.24, 2.45) is 0 Å². The first-order valence-corrected chi connectivity index (χ1v) is 7.94. The van der Waals surface area contributed by atoms with Gasteiger partial charge < -0.3 is 10.1 Å². The van der Waals surface area contributed by atoms with Crippen LogP contribution in [0.15, 0.2) is 30.3 Å². The van der Waals surface area contributed by atoms with Crippen LogP contribution in [-0.2, 0) is 15.1 Å². The fourth-order valence-electron chi connectivity index (χ4n) is 3.21. The smallest absolute Gasteiger partial charge is 0.331 e. The molecule has 0 radical (unpaired) electrons. The van der Waals surface area contributed by atoms with Crippen molar-refractivity contribution in [3.8, 4) is 0 Å². The van der Waals surface area contributed by atoms with Gasteiger partial charge in [-0.25, -0.2) is 4.79 Å². The summed E-state index contributed by atoms with van der Waals surface area (Å²) in [5.74, 6) is -0.111. The molecule has 0 saturated carbocycles. The van der Waals surface area contributed by atoms with E-state index in [4.69, 9.17) is 4.74 Å². The molecular formula is C17H26N2O2. The van der Waals surface area contributed by atoms with Gasteiger partial charge in [0.2, 0.25) is 0 Å². The van der Waals surface area contributed by atoms with E-state index in [2.05, 4.69) is 29.3 Å². The highest BCUT2D eigenvalue weighted by atomic mass is 16.5. The summed E-state index contributed by atoms with van der Waals surface area (Å²) in [7, 11) is 0. The number of nitrogens with one attached hydrogen (secondary N) is 1. The van der Waals surface area contributed by atoms with E-state index in [1.54, 1.807) is 0 Å². The van der Waals surface area contributed by atoms with E-state index in [1.165, 1.54) is 0 Å². The standard InChI is InChI=1S/C17H26N2O2/c1-3-10-17(16(20)21-4-2,15-8-6-5-7-9-15)19-13-11-18-12-14-19/h5-9,18H,3-4,10-14H2,1-2H3. The molecule has 4 heteroatoms. The third-order valence-corrected chi connectivity index (χ3v) is 4.13. The van der Waals surface area contributed by atoms with Crippen LogP contribution < -0.4 is 5.32 Å². The lowest BCUT2D eigenvalue weighted by atomic mass is 9.83. The molecule has 1 aliphatic heterocycles. The van der Waals surface area contributed by atoms with Crippen molar-refractivity contribution in [3.05, 3.63) is 35.9 Å². The zero-order chi connectivity index (χ0) is 15.1. The maximum Gasteiger partial charge on any atom is 0.331 e. The number of ether oxygens (including phenoxy) is 1. The molecule has 1 unspecified atom stereocenters. The first-order valence-electron chi connectivity index (χ1n) is 7.94. The molecule has 0 bridgehead atoms. The van der Waals surface area contributed by atoms with E-state index in [0.717, 1.165) is 44.6 Å². The fraction of sp³-hybridized carbons (Fsp3) is 0.588. The van der Waals surface area contributed by atoms with Crippen molar-refractivity contribution in [1.29, 1.82) is 0 Å². The predicted octanol–water partition coefficient (Wildman–Crippen LogP) is 2.15. The molecule has 2 rings (SSSR count). The predicted molar refractivity (Wildman–Crippen MR) is 84.1 cm³/mol. The van der Waals surface area contributed by atoms with Crippen molar-refractivity contribution in [2.75, 3.05) is 32.8 Å². The molecule has 21 heavy (non-hydrogen) atoms. The second kappa shape index (κ2) is 7.57. The van der Waals surface area contributed by atoms with Crippen molar-refractivity contribution in [3.63, 3.8) is 0 Å². The summed E-state index contributed by atoms with van der Waals surface area (Å²) >= 11 is 0. The van der Waals surface area contributed by atoms with E-state index < -0.39 is 5.54 Å². The molecule has 1 fully saturated rings. The zero-order valence-corrected chi connectivity index (χ0v) is 13.1. The van der Waals surface area contributed by atoms with Gasteiger partial charge in [0.1, 0.15) is 5.54 Å². The summed E-state index contributed by atoms with van der Waals surface area (Å²) in [5.41, 5.74) is 0.404. The lowest BCUT2D eigenvalue weighted by Gasteiger charge is -2.44. The molecule has 0 amide bonds. The number of esters is 1. The highest BCUT2D eigenvalue weighted by Crippen LogP contribution is 2.35. The first kappa shape index (κ1) is 16.0. The van der Waals surface area contributed by atoms with Gasteiger partial charge in [-0.1, -0.05) is 43.7 Å². The van der Waals surface area contributed by atoms with Crippen molar-refractivity contribution < 1.29 is 9.53 Å². The normalized spacial score (nSPS) is 19.0. The number of hydrogen-bond donors (Lipinski definition) is 1. The van der Waals surface area contributed by atoms with Gasteiger partial charge >= 0.3 is 5.97 Å². The molecule has 1 N–H and O–H groups in total. The lowest BCUT2D eigenvalue weighted by Crippen LogP contribution is -2.58. The monoisotopic (exact) mass is 290 g/mol.